The van der Waals surface area contributed by atoms with Crippen LogP contribution in [0.1, 0.15) is 30.5 Å². The fourth-order valence-corrected chi connectivity index (χ4v) is 4.79. The van der Waals surface area contributed by atoms with Crippen LogP contribution in [0.15, 0.2) is 96.3 Å². The van der Waals surface area contributed by atoms with Gasteiger partial charge >= 0.3 is 0 Å². The Labute approximate surface area is 195 Å². The van der Waals surface area contributed by atoms with Crippen LogP contribution in [0.5, 0.6) is 5.75 Å². The van der Waals surface area contributed by atoms with Crippen LogP contribution >= 0.6 is 0 Å². The highest BCUT2D eigenvalue weighted by Crippen LogP contribution is 2.56. The van der Waals surface area contributed by atoms with Crippen LogP contribution in [0.2, 0.25) is 0 Å². The third-order valence-electron chi connectivity index (χ3n) is 6.18. The van der Waals surface area contributed by atoms with Crippen molar-refractivity contribution in [3.05, 3.63) is 113 Å². The minimum Gasteiger partial charge on any atom is -0.496 e. The summed E-state index contributed by atoms with van der Waals surface area (Å²) in [5, 5.41) is 18.1. The van der Waals surface area contributed by atoms with Crippen molar-refractivity contribution >= 4 is 0 Å². The topological polar surface area (TPSA) is 58.9 Å². The molecule has 1 aliphatic carbocycles. The Hall–Kier alpha value is -3.34. The van der Waals surface area contributed by atoms with E-state index in [1.54, 1.807) is 0 Å². The number of benzene rings is 3. The van der Waals surface area contributed by atoms with Gasteiger partial charge in [-0.15, -0.1) is 0 Å². The molecule has 0 fully saturated rings. The van der Waals surface area contributed by atoms with E-state index >= 15 is 0 Å². The van der Waals surface area contributed by atoms with Gasteiger partial charge in [-0.25, -0.2) is 0 Å². The zero-order chi connectivity index (χ0) is 23.3. The Morgan fingerprint density at radius 2 is 1.33 bits per heavy atom. The number of hydrogen-bond donors (Lipinski definition) is 2. The maximum absolute atomic E-state index is 9.08. The highest BCUT2D eigenvalue weighted by atomic mass is 16.5. The lowest BCUT2D eigenvalue weighted by molar-refractivity contribution is 0.146. The lowest BCUT2D eigenvalue weighted by Gasteiger charge is -2.34. The van der Waals surface area contributed by atoms with Crippen LogP contribution in [-0.2, 0) is 10.2 Å². The van der Waals surface area contributed by atoms with Crippen LogP contribution in [0, 0.1) is 0 Å². The molecule has 0 saturated carbocycles. The Balaban J connectivity index is 1.91. The Morgan fingerprint density at radius 1 is 0.758 bits per heavy atom. The van der Waals surface area contributed by atoms with E-state index in [4.69, 9.17) is 19.7 Å². The first kappa shape index (κ1) is 22.8. The van der Waals surface area contributed by atoms with Crippen LogP contribution in [0.25, 0.3) is 11.1 Å². The summed E-state index contributed by atoms with van der Waals surface area (Å²) in [6.45, 7) is 4.58. The molecular weight excluding hydrogens is 412 g/mol. The van der Waals surface area contributed by atoms with Crippen molar-refractivity contribution in [1.82, 2.24) is 0 Å². The zero-order valence-corrected chi connectivity index (χ0v) is 19.1. The molecule has 4 heteroatoms. The average molecular weight is 443 g/mol. The molecule has 0 atom stereocenters. The smallest absolute Gasteiger partial charge is 0.119 e. The molecule has 0 aromatic heterocycles. The van der Waals surface area contributed by atoms with Gasteiger partial charge in [0.1, 0.15) is 19.0 Å². The lowest BCUT2D eigenvalue weighted by atomic mass is 9.67. The van der Waals surface area contributed by atoms with Gasteiger partial charge < -0.3 is 19.7 Å². The number of hydrogen-bond acceptors (Lipinski definition) is 4. The number of fused-ring (bicyclic) bond motifs is 3. The monoisotopic (exact) mass is 442 g/mol. The van der Waals surface area contributed by atoms with E-state index in [-0.39, 0.29) is 26.4 Å². The summed E-state index contributed by atoms with van der Waals surface area (Å²) in [5.74, 6) is 1.49. The molecule has 0 unspecified atom stereocenters. The molecule has 4 rings (SSSR count). The lowest BCUT2D eigenvalue weighted by Crippen LogP contribution is -2.28. The minimum absolute atomic E-state index is 0.0106. The van der Waals surface area contributed by atoms with Gasteiger partial charge in [0, 0.05) is 0 Å². The molecule has 0 heterocycles. The van der Waals surface area contributed by atoms with Crippen molar-refractivity contribution in [3.8, 4) is 16.9 Å². The van der Waals surface area contributed by atoms with Crippen LogP contribution in [0.3, 0.4) is 0 Å². The van der Waals surface area contributed by atoms with E-state index in [2.05, 4.69) is 73.7 Å². The van der Waals surface area contributed by atoms with Crippen LogP contribution in [0.4, 0.5) is 0 Å². The van der Waals surface area contributed by atoms with Gasteiger partial charge in [0.05, 0.1) is 24.4 Å². The highest BCUT2D eigenvalue weighted by Gasteiger charge is 2.45. The van der Waals surface area contributed by atoms with Crippen molar-refractivity contribution in [1.29, 1.82) is 0 Å². The summed E-state index contributed by atoms with van der Waals surface area (Å²) >= 11 is 0. The molecule has 0 saturated heterocycles. The molecule has 0 spiro atoms. The average Bonchev–Trinajstić information content (AvgIpc) is 3.16. The number of ether oxygens (including phenoxy) is 2. The normalized spacial score (nSPS) is 14.5. The molecule has 3 aromatic carbocycles. The number of rotatable bonds is 9. The van der Waals surface area contributed by atoms with Gasteiger partial charge in [0.25, 0.3) is 0 Å². The Bertz CT molecular complexity index is 1110. The van der Waals surface area contributed by atoms with Gasteiger partial charge in [0.15, 0.2) is 0 Å². The van der Waals surface area contributed by atoms with E-state index < -0.39 is 5.41 Å². The van der Waals surface area contributed by atoms with E-state index in [1.807, 2.05) is 25.1 Å². The highest BCUT2D eigenvalue weighted by molar-refractivity contribution is 5.85. The van der Waals surface area contributed by atoms with E-state index in [0.29, 0.717) is 0 Å². The van der Waals surface area contributed by atoms with Gasteiger partial charge in [-0.05, 0) is 59.9 Å². The predicted molar refractivity (Wildman–Crippen MR) is 131 cm³/mol. The molecule has 0 amide bonds. The van der Waals surface area contributed by atoms with Crippen molar-refractivity contribution < 1.29 is 19.7 Å². The van der Waals surface area contributed by atoms with E-state index in [1.165, 1.54) is 22.3 Å². The van der Waals surface area contributed by atoms with Crippen LogP contribution < -0.4 is 4.74 Å². The van der Waals surface area contributed by atoms with Crippen molar-refractivity contribution in [2.75, 3.05) is 26.4 Å². The largest absolute Gasteiger partial charge is 0.496 e. The van der Waals surface area contributed by atoms with E-state index in [0.717, 1.165) is 22.6 Å². The van der Waals surface area contributed by atoms with Crippen LogP contribution in [-0.4, -0.2) is 36.6 Å². The first-order chi connectivity index (χ1) is 16.1. The SMILES string of the molecule is C/C(=C\C=C(/C)C1(c2ccc(OCCO)cc2)c2ccccc2-c2ccccc21)OCCO. The second kappa shape index (κ2) is 10.1. The molecule has 2 N–H and O–H groups in total. The molecule has 0 bridgehead atoms. The first-order valence-electron chi connectivity index (χ1n) is 11.3. The second-order valence-corrected chi connectivity index (χ2v) is 8.14. The molecule has 0 aliphatic heterocycles. The molecule has 0 radical (unpaired) electrons. The number of allylic oxidation sites excluding steroid dienone is 4. The molecule has 3 aromatic rings. The van der Waals surface area contributed by atoms with Gasteiger partial charge in [-0.2, -0.15) is 0 Å². The standard InChI is InChI=1S/C29H30O4/c1-21(11-12-22(2)32-19-17-30)29(23-13-15-24(16-14-23)33-20-18-31)27-9-5-3-7-25(27)26-8-4-6-10-28(26)29/h3-16,30-31H,17-20H2,1-2H3/b21-11+,22-12+. The number of aliphatic hydroxyl groups excluding tert-OH is 2. The second-order valence-electron chi connectivity index (χ2n) is 8.14. The fourth-order valence-electron chi connectivity index (χ4n) is 4.79. The maximum atomic E-state index is 9.08. The van der Waals surface area contributed by atoms with Crippen molar-refractivity contribution in [2.45, 2.75) is 19.3 Å². The minimum atomic E-state index is -0.462. The summed E-state index contributed by atoms with van der Waals surface area (Å²) in [7, 11) is 0. The van der Waals surface area contributed by atoms with Gasteiger partial charge in [-0.3, -0.25) is 0 Å². The Morgan fingerprint density at radius 3 is 1.91 bits per heavy atom. The van der Waals surface area contributed by atoms with Gasteiger partial charge in [0.2, 0.25) is 0 Å². The summed E-state index contributed by atoms with van der Waals surface area (Å²) in [5.41, 5.74) is 6.80. The zero-order valence-electron chi connectivity index (χ0n) is 19.1. The van der Waals surface area contributed by atoms with Crippen molar-refractivity contribution in [3.63, 3.8) is 0 Å². The summed E-state index contributed by atoms with van der Waals surface area (Å²) in [6, 6.07) is 25.3. The molecule has 1 aliphatic rings. The molecule has 33 heavy (non-hydrogen) atoms. The summed E-state index contributed by atoms with van der Waals surface area (Å²) in [6.07, 6.45) is 4.08. The summed E-state index contributed by atoms with van der Waals surface area (Å²) in [4.78, 5) is 0. The first-order valence-corrected chi connectivity index (χ1v) is 11.3. The van der Waals surface area contributed by atoms with Crippen molar-refractivity contribution in [2.24, 2.45) is 0 Å². The summed E-state index contributed by atoms with van der Waals surface area (Å²) < 4.78 is 11.2. The fraction of sp³-hybridized carbons (Fsp3) is 0.241. The van der Waals surface area contributed by atoms with Gasteiger partial charge in [-0.1, -0.05) is 72.3 Å². The third-order valence-corrected chi connectivity index (χ3v) is 6.18. The predicted octanol–water partition coefficient (Wildman–Crippen LogP) is 5.23. The quantitative estimate of drug-likeness (QED) is 0.352. The molecule has 170 valence electrons. The number of aliphatic hydroxyl groups is 2. The maximum Gasteiger partial charge on any atom is 0.119 e. The molecule has 4 nitrogen and oxygen atoms in total. The Kier molecular flexibility index (Phi) is 6.97. The van der Waals surface area contributed by atoms with E-state index in [9.17, 15) is 0 Å². The molecular formula is C29H30O4. The third kappa shape index (κ3) is 4.20.